The van der Waals surface area contributed by atoms with Crippen LogP contribution in [0.15, 0.2) is 28.0 Å². The monoisotopic (exact) mass is 275 g/mol. The molecule has 0 fully saturated rings. The number of aryl methyl sites for hydroxylation is 2. The average Bonchev–Trinajstić information content (AvgIpc) is 2.62. The molecule has 2 rings (SSSR count). The van der Waals surface area contributed by atoms with Crippen LogP contribution in [0.4, 0.5) is 0 Å². The minimum absolute atomic E-state index is 0.257. The van der Waals surface area contributed by atoms with Crippen molar-refractivity contribution < 1.29 is 17.1 Å². The summed E-state index contributed by atoms with van der Waals surface area (Å²) in [4.78, 5) is 3.38. The van der Waals surface area contributed by atoms with Gasteiger partial charge in [0.1, 0.15) is 0 Å². The van der Waals surface area contributed by atoms with E-state index in [-0.39, 0.29) is 17.1 Å². The summed E-state index contributed by atoms with van der Waals surface area (Å²) >= 11 is 0.257. The van der Waals surface area contributed by atoms with Crippen LogP contribution in [-0.2, 0) is 17.1 Å². The van der Waals surface area contributed by atoms with Crippen molar-refractivity contribution in [2.24, 2.45) is 0 Å². The van der Waals surface area contributed by atoms with Crippen molar-refractivity contribution in [1.29, 1.82) is 0 Å². The summed E-state index contributed by atoms with van der Waals surface area (Å²) < 4.78 is 3.19. The SMILES string of the molecule is CC1=[C]([Ru][c]2cc(C)[nH]c2C)CC=C1. The first-order valence-corrected chi connectivity index (χ1v) is 6.55. The summed E-state index contributed by atoms with van der Waals surface area (Å²) in [5.41, 5.74) is 4.13. The van der Waals surface area contributed by atoms with Gasteiger partial charge in [-0.25, -0.2) is 0 Å². The van der Waals surface area contributed by atoms with Crippen LogP contribution in [0.1, 0.15) is 24.7 Å². The Hall–Kier alpha value is -0.617. The fraction of sp³-hybridized carbons (Fsp3) is 0.333. The van der Waals surface area contributed by atoms with Crippen molar-refractivity contribution in [2.75, 3.05) is 0 Å². The first-order chi connectivity index (χ1) is 6.66. The molecule has 0 saturated heterocycles. The van der Waals surface area contributed by atoms with Gasteiger partial charge in [-0.05, 0) is 0 Å². The number of hydrogen-bond donors (Lipinski definition) is 1. The van der Waals surface area contributed by atoms with Crippen molar-refractivity contribution in [1.82, 2.24) is 4.98 Å². The Bertz CT molecular complexity index is 410. The standard InChI is InChI=1S/C6H8N.C6H7.Ru/c1-5-3-4-6(2)7-5;1-6-4-2-3-5-6;/h3,7H,1-2H3;2,4H,3H2,1H3;. The van der Waals surface area contributed by atoms with Gasteiger partial charge in [-0.1, -0.05) is 0 Å². The Kier molecular flexibility index (Phi) is 2.74. The second-order valence-electron chi connectivity index (χ2n) is 3.68. The van der Waals surface area contributed by atoms with E-state index in [0.717, 1.165) is 0 Å². The van der Waals surface area contributed by atoms with Crippen LogP contribution in [-0.4, -0.2) is 4.98 Å². The van der Waals surface area contributed by atoms with E-state index in [1.807, 2.05) is 0 Å². The van der Waals surface area contributed by atoms with Crippen molar-refractivity contribution in [3.63, 3.8) is 0 Å². The van der Waals surface area contributed by atoms with Gasteiger partial charge >= 0.3 is 92.8 Å². The van der Waals surface area contributed by atoms with Crippen LogP contribution in [0.25, 0.3) is 0 Å². The number of H-pyrrole nitrogens is 1. The summed E-state index contributed by atoms with van der Waals surface area (Å²) in [7, 11) is 0. The Balaban J connectivity index is 2.19. The number of nitrogens with one attached hydrogen (secondary N) is 1. The molecule has 0 spiro atoms. The maximum absolute atomic E-state index is 3.38. The number of allylic oxidation sites excluding steroid dienone is 4. The molecule has 1 aliphatic carbocycles. The van der Waals surface area contributed by atoms with Crippen molar-refractivity contribution in [3.05, 3.63) is 39.3 Å². The Morgan fingerprint density at radius 3 is 2.57 bits per heavy atom. The van der Waals surface area contributed by atoms with Crippen LogP contribution in [0.2, 0.25) is 0 Å². The van der Waals surface area contributed by atoms with E-state index in [9.17, 15) is 0 Å². The first kappa shape index (κ1) is 9.92. The van der Waals surface area contributed by atoms with Gasteiger partial charge in [0.2, 0.25) is 0 Å². The molecule has 0 saturated carbocycles. The normalized spacial score (nSPS) is 15.9. The summed E-state index contributed by atoms with van der Waals surface area (Å²) in [5.74, 6) is 0. The summed E-state index contributed by atoms with van der Waals surface area (Å²) in [6, 6.07) is 2.30. The molecular weight excluding hydrogens is 259 g/mol. The third-order valence-electron chi connectivity index (χ3n) is 2.35. The Morgan fingerprint density at radius 1 is 1.29 bits per heavy atom. The Labute approximate surface area is 92.9 Å². The van der Waals surface area contributed by atoms with E-state index >= 15 is 0 Å². The molecule has 0 amide bonds. The molecule has 1 N–H and O–H groups in total. The molecule has 1 nitrogen and oxygen atoms in total. The Morgan fingerprint density at radius 2 is 2.07 bits per heavy atom. The first-order valence-electron chi connectivity index (χ1n) is 4.81. The molecule has 14 heavy (non-hydrogen) atoms. The average molecular weight is 274 g/mol. The zero-order valence-corrected chi connectivity index (χ0v) is 10.5. The van der Waals surface area contributed by atoms with E-state index in [0.29, 0.717) is 0 Å². The fourth-order valence-corrected chi connectivity index (χ4v) is 3.95. The molecule has 1 aliphatic rings. The van der Waals surface area contributed by atoms with Crippen LogP contribution >= 0.6 is 0 Å². The van der Waals surface area contributed by atoms with E-state index in [4.69, 9.17) is 0 Å². The molecule has 0 radical (unpaired) electrons. The van der Waals surface area contributed by atoms with E-state index in [1.165, 1.54) is 27.5 Å². The predicted octanol–water partition coefficient (Wildman–Crippen LogP) is 2.57. The number of aromatic nitrogens is 1. The van der Waals surface area contributed by atoms with Gasteiger partial charge in [0.15, 0.2) is 0 Å². The summed E-state index contributed by atoms with van der Waals surface area (Å²) in [6.07, 6.45) is 5.70. The molecule has 1 heterocycles. The third kappa shape index (κ3) is 1.90. The van der Waals surface area contributed by atoms with Crippen molar-refractivity contribution >= 4 is 4.16 Å². The molecule has 0 unspecified atom stereocenters. The maximum atomic E-state index is 3.38. The van der Waals surface area contributed by atoms with Gasteiger partial charge in [0.05, 0.1) is 0 Å². The molecule has 0 bridgehead atoms. The zero-order chi connectivity index (χ0) is 10.1. The molecule has 1 aromatic rings. The number of aromatic amines is 1. The van der Waals surface area contributed by atoms with Gasteiger partial charge in [-0.2, -0.15) is 0 Å². The topological polar surface area (TPSA) is 15.8 Å². The van der Waals surface area contributed by atoms with Gasteiger partial charge in [-0.15, -0.1) is 0 Å². The van der Waals surface area contributed by atoms with Crippen LogP contribution in [0, 0.1) is 13.8 Å². The molecule has 76 valence electrons. The van der Waals surface area contributed by atoms with Crippen molar-refractivity contribution in [3.8, 4) is 0 Å². The van der Waals surface area contributed by atoms with Crippen LogP contribution in [0.5, 0.6) is 0 Å². The molecule has 2 heteroatoms. The second-order valence-corrected chi connectivity index (χ2v) is 6.10. The summed E-state index contributed by atoms with van der Waals surface area (Å²) in [6.45, 7) is 6.53. The number of rotatable bonds is 2. The zero-order valence-electron chi connectivity index (χ0n) is 8.79. The van der Waals surface area contributed by atoms with Gasteiger partial charge in [0.25, 0.3) is 0 Å². The van der Waals surface area contributed by atoms with Gasteiger partial charge in [-0.3, -0.25) is 0 Å². The van der Waals surface area contributed by atoms with Crippen LogP contribution < -0.4 is 4.16 Å². The van der Waals surface area contributed by atoms with Crippen LogP contribution in [0.3, 0.4) is 0 Å². The van der Waals surface area contributed by atoms with Crippen molar-refractivity contribution in [2.45, 2.75) is 27.2 Å². The molecule has 0 aromatic carbocycles. The predicted molar refractivity (Wildman–Crippen MR) is 56.4 cm³/mol. The fourth-order valence-electron chi connectivity index (χ4n) is 1.58. The van der Waals surface area contributed by atoms with E-state index < -0.39 is 0 Å². The molecular formula is C12H15NRu. The quantitative estimate of drug-likeness (QED) is 0.798. The van der Waals surface area contributed by atoms with E-state index in [1.54, 1.807) is 4.17 Å². The molecule has 1 aromatic heterocycles. The molecule has 0 aliphatic heterocycles. The second kappa shape index (κ2) is 3.86. The minimum atomic E-state index is 0.257. The summed E-state index contributed by atoms with van der Waals surface area (Å²) in [5, 5.41) is 0. The van der Waals surface area contributed by atoms with Gasteiger partial charge in [0, 0.05) is 0 Å². The number of hydrogen-bond acceptors (Lipinski definition) is 0. The third-order valence-corrected chi connectivity index (χ3v) is 5.29. The van der Waals surface area contributed by atoms with E-state index in [2.05, 4.69) is 44.0 Å². The van der Waals surface area contributed by atoms with Gasteiger partial charge < -0.3 is 0 Å². The molecule has 0 atom stereocenters.